The molecule has 0 radical (unpaired) electrons. The van der Waals surface area contributed by atoms with Crippen LogP contribution in [0.5, 0.6) is 0 Å². The van der Waals surface area contributed by atoms with Gasteiger partial charge in [-0.3, -0.25) is 4.79 Å². The zero-order valence-corrected chi connectivity index (χ0v) is 10.8. The van der Waals surface area contributed by atoms with Gasteiger partial charge in [0.2, 0.25) is 0 Å². The largest absolute Gasteiger partial charge is 0.320 e. The fraction of sp³-hybridized carbons (Fsp3) is 0.154. The van der Waals surface area contributed by atoms with Crippen molar-refractivity contribution in [1.82, 2.24) is 10.2 Å². The molecule has 0 aliphatic heterocycles. The number of hydrogen-bond acceptors (Lipinski definition) is 5. The highest BCUT2D eigenvalue weighted by Gasteiger charge is 2.09. The number of aryl methyl sites for hydroxylation is 2. The second-order valence-corrected chi connectivity index (χ2v) is 4.22. The lowest BCUT2D eigenvalue weighted by molar-refractivity contribution is 0.102. The molecule has 0 fully saturated rings. The fourth-order valence-corrected chi connectivity index (χ4v) is 1.67. The number of nitrogens with one attached hydrogen (secondary N) is 2. The highest BCUT2D eigenvalue weighted by atomic mass is 16.1. The predicted octanol–water partition coefficient (Wildman–Crippen LogP) is 1.63. The van der Waals surface area contributed by atoms with Crippen molar-refractivity contribution in [3.05, 3.63) is 47.2 Å². The molecule has 1 aromatic heterocycles. The van der Waals surface area contributed by atoms with E-state index in [0.29, 0.717) is 5.82 Å². The molecule has 0 bridgehead atoms. The Kier molecular flexibility index (Phi) is 3.72. The molecule has 4 N–H and O–H groups in total. The van der Waals surface area contributed by atoms with E-state index in [2.05, 4.69) is 20.9 Å². The molecule has 2 rings (SSSR count). The monoisotopic (exact) mass is 257 g/mol. The number of carbonyl (C=O) groups excluding carboxylic acids is 1. The average molecular weight is 257 g/mol. The highest BCUT2D eigenvalue weighted by Crippen LogP contribution is 2.16. The summed E-state index contributed by atoms with van der Waals surface area (Å²) in [7, 11) is 0. The van der Waals surface area contributed by atoms with Gasteiger partial charge in [-0.05, 0) is 37.6 Å². The third kappa shape index (κ3) is 3.05. The number of hydrazine groups is 1. The van der Waals surface area contributed by atoms with Crippen molar-refractivity contribution in [1.29, 1.82) is 0 Å². The molecule has 1 aromatic carbocycles. The molecule has 6 heteroatoms. The van der Waals surface area contributed by atoms with Crippen molar-refractivity contribution in [3.63, 3.8) is 0 Å². The summed E-state index contributed by atoms with van der Waals surface area (Å²) in [6.45, 7) is 3.94. The van der Waals surface area contributed by atoms with Crippen LogP contribution in [0.3, 0.4) is 0 Å². The molecule has 0 unspecified atom stereocenters. The molecule has 0 atom stereocenters. The minimum absolute atomic E-state index is 0.235. The van der Waals surface area contributed by atoms with E-state index in [1.807, 2.05) is 32.0 Å². The fourth-order valence-electron chi connectivity index (χ4n) is 1.67. The van der Waals surface area contributed by atoms with E-state index in [0.717, 1.165) is 16.8 Å². The maximum atomic E-state index is 12.0. The number of amides is 1. The Morgan fingerprint density at radius 1 is 1.16 bits per heavy atom. The van der Waals surface area contributed by atoms with Crippen LogP contribution in [0.2, 0.25) is 0 Å². The van der Waals surface area contributed by atoms with Crippen molar-refractivity contribution in [2.24, 2.45) is 5.84 Å². The first-order chi connectivity index (χ1) is 9.10. The van der Waals surface area contributed by atoms with Gasteiger partial charge in [0.1, 0.15) is 0 Å². The number of nitrogens with zero attached hydrogens (tertiary/aromatic N) is 2. The molecule has 1 amide bonds. The molecule has 0 saturated heterocycles. The summed E-state index contributed by atoms with van der Waals surface area (Å²) in [5.74, 6) is 5.28. The van der Waals surface area contributed by atoms with Crippen LogP contribution in [0.15, 0.2) is 30.3 Å². The van der Waals surface area contributed by atoms with Gasteiger partial charge < -0.3 is 10.7 Å². The Morgan fingerprint density at radius 2 is 1.95 bits per heavy atom. The molecule has 98 valence electrons. The van der Waals surface area contributed by atoms with Gasteiger partial charge in [-0.25, -0.2) is 5.84 Å². The highest BCUT2D eigenvalue weighted by molar-refractivity contribution is 6.03. The summed E-state index contributed by atoms with van der Waals surface area (Å²) in [6, 6.07) is 8.95. The first kappa shape index (κ1) is 13.0. The van der Waals surface area contributed by atoms with Crippen LogP contribution in [0.25, 0.3) is 0 Å². The molecule has 0 aliphatic carbocycles. The Morgan fingerprint density at radius 3 is 2.53 bits per heavy atom. The normalized spacial score (nSPS) is 10.1. The number of nitrogen functional groups attached to an aromatic ring is 1. The van der Waals surface area contributed by atoms with Gasteiger partial charge in [-0.1, -0.05) is 17.7 Å². The predicted molar refractivity (Wildman–Crippen MR) is 73.7 cm³/mol. The molecule has 1 heterocycles. The summed E-state index contributed by atoms with van der Waals surface area (Å²) < 4.78 is 0. The lowest BCUT2D eigenvalue weighted by atomic mass is 10.1. The summed E-state index contributed by atoms with van der Waals surface area (Å²) in [4.78, 5) is 12.0. The third-order valence-electron chi connectivity index (χ3n) is 2.68. The van der Waals surface area contributed by atoms with Crippen LogP contribution in [0, 0.1) is 13.8 Å². The van der Waals surface area contributed by atoms with Crippen molar-refractivity contribution in [3.8, 4) is 0 Å². The minimum atomic E-state index is -0.303. The number of benzene rings is 1. The van der Waals surface area contributed by atoms with E-state index in [9.17, 15) is 4.79 Å². The molecule has 6 nitrogen and oxygen atoms in total. The molecule has 0 spiro atoms. The van der Waals surface area contributed by atoms with Gasteiger partial charge in [0.05, 0.1) is 0 Å². The molecular formula is C13H15N5O. The van der Waals surface area contributed by atoms with E-state index in [1.165, 1.54) is 0 Å². The number of hydrogen-bond donors (Lipinski definition) is 3. The van der Waals surface area contributed by atoms with Crippen LogP contribution in [-0.4, -0.2) is 16.1 Å². The van der Waals surface area contributed by atoms with E-state index in [1.54, 1.807) is 12.1 Å². The standard InChI is InChI=1S/C13H15N5O/c1-8-3-4-10(9(2)7-8)15-13(19)11-5-6-12(16-14)18-17-11/h3-7H,14H2,1-2H3,(H,15,19)(H,16,18). The zero-order chi connectivity index (χ0) is 13.8. The van der Waals surface area contributed by atoms with Gasteiger partial charge in [-0.2, -0.15) is 0 Å². The first-order valence-corrected chi connectivity index (χ1v) is 5.79. The van der Waals surface area contributed by atoms with Crippen LogP contribution < -0.4 is 16.6 Å². The maximum Gasteiger partial charge on any atom is 0.276 e. The van der Waals surface area contributed by atoms with Crippen molar-refractivity contribution < 1.29 is 4.79 Å². The summed E-state index contributed by atoms with van der Waals surface area (Å²) in [5, 5.41) is 10.3. The quantitative estimate of drug-likeness (QED) is 0.574. The van der Waals surface area contributed by atoms with Crippen LogP contribution >= 0.6 is 0 Å². The number of aromatic nitrogens is 2. The van der Waals surface area contributed by atoms with E-state index >= 15 is 0 Å². The summed E-state index contributed by atoms with van der Waals surface area (Å²) in [6.07, 6.45) is 0. The number of nitrogens with two attached hydrogens (primary N) is 1. The van der Waals surface area contributed by atoms with Gasteiger partial charge in [-0.15, -0.1) is 10.2 Å². The topological polar surface area (TPSA) is 92.9 Å². The van der Waals surface area contributed by atoms with Gasteiger partial charge >= 0.3 is 0 Å². The lowest BCUT2D eigenvalue weighted by Crippen LogP contribution is -2.16. The summed E-state index contributed by atoms with van der Waals surface area (Å²) in [5.41, 5.74) is 5.50. The SMILES string of the molecule is Cc1ccc(NC(=O)c2ccc(NN)nn2)c(C)c1. The van der Waals surface area contributed by atoms with Crippen LogP contribution in [0.4, 0.5) is 11.5 Å². The average Bonchev–Trinajstić information content (AvgIpc) is 2.42. The van der Waals surface area contributed by atoms with Crippen LogP contribution in [-0.2, 0) is 0 Å². The molecule has 19 heavy (non-hydrogen) atoms. The Labute approximate surface area is 111 Å². The molecule has 2 aromatic rings. The minimum Gasteiger partial charge on any atom is -0.320 e. The van der Waals surface area contributed by atoms with Crippen molar-refractivity contribution >= 4 is 17.4 Å². The Balaban J connectivity index is 2.15. The third-order valence-corrected chi connectivity index (χ3v) is 2.68. The van der Waals surface area contributed by atoms with Crippen molar-refractivity contribution in [2.75, 3.05) is 10.7 Å². The first-order valence-electron chi connectivity index (χ1n) is 5.79. The number of carbonyl (C=O) groups is 1. The number of rotatable bonds is 3. The van der Waals surface area contributed by atoms with Gasteiger partial charge in [0.25, 0.3) is 5.91 Å². The van der Waals surface area contributed by atoms with E-state index < -0.39 is 0 Å². The van der Waals surface area contributed by atoms with Gasteiger partial charge in [0, 0.05) is 5.69 Å². The van der Waals surface area contributed by atoms with Crippen LogP contribution in [0.1, 0.15) is 21.6 Å². The van der Waals surface area contributed by atoms with Crippen molar-refractivity contribution in [2.45, 2.75) is 13.8 Å². The van der Waals surface area contributed by atoms with E-state index in [4.69, 9.17) is 5.84 Å². The Hall–Kier alpha value is -2.47. The lowest BCUT2D eigenvalue weighted by Gasteiger charge is -2.08. The van der Waals surface area contributed by atoms with E-state index in [-0.39, 0.29) is 11.6 Å². The molecule has 0 saturated carbocycles. The zero-order valence-electron chi connectivity index (χ0n) is 10.8. The molecule has 0 aliphatic rings. The Bertz CT molecular complexity index is 594. The maximum absolute atomic E-state index is 12.0. The summed E-state index contributed by atoms with van der Waals surface area (Å²) >= 11 is 0. The second-order valence-electron chi connectivity index (χ2n) is 4.22. The molecular weight excluding hydrogens is 242 g/mol. The second kappa shape index (κ2) is 5.45. The number of anilines is 2. The smallest absolute Gasteiger partial charge is 0.276 e. The van der Waals surface area contributed by atoms with Gasteiger partial charge in [0.15, 0.2) is 11.5 Å².